The molecule has 5 nitrogen and oxygen atoms in total. The van der Waals surface area contributed by atoms with Gasteiger partial charge in [-0.15, -0.1) is 0 Å². The molecule has 0 atom stereocenters. The Balaban J connectivity index is 0. The lowest BCUT2D eigenvalue weighted by molar-refractivity contribution is -0.138. The Bertz CT molecular complexity index is 299. The van der Waals surface area contributed by atoms with Gasteiger partial charge in [-0.3, -0.25) is 0 Å². The number of carboxylic acids is 1. The van der Waals surface area contributed by atoms with Crippen LogP contribution in [0.1, 0.15) is 33.6 Å². The highest BCUT2D eigenvalue weighted by Gasteiger charge is 2.00. The molecule has 0 radical (unpaired) electrons. The van der Waals surface area contributed by atoms with Crippen molar-refractivity contribution in [2.24, 2.45) is 0 Å². The van der Waals surface area contributed by atoms with Gasteiger partial charge in [0.25, 0.3) is 0 Å². The molecule has 19 heavy (non-hydrogen) atoms. The molecule has 110 valence electrons. The molecule has 0 spiro atoms. The summed E-state index contributed by atoms with van der Waals surface area (Å²) in [5, 5.41) is 11.1. The molecule has 0 aliphatic heterocycles. The van der Waals surface area contributed by atoms with E-state index in [1.165, 1.54) is 13.3 Å². The third kappa shape index (κ3) is 16.4. The SMILES string of the molecule is C=C(C)C(=O)O.C=C(C)C(=O)OCCNCCCC. The van der Waals surface area contributed by atoms with Gasteiger partial charge in [0, 0.05) is 17.7 Å². The fourth-order valence-electron chi connectivity index (χ4n) is 0.766. The summed E-state index contributed by atoms with van der Waals surface area (Å²) in [7, 11) is 0. The van der Waals surface area contributed by atoms with Crippen molar-refractivity contribution in [3.8, 4) is 0 Å². The van der Waals surface area contributed by atoms with Gasteiger partial charge in [-0.1, -0.05) is 26.5 Å². The van der Waals surface area contributed by atoms with Crippen LogP contribution in [-0.4, -0.2) is 36.7 Å². The van der Waals surface area contributed by atoms with E-state index in [1.807, 2.05) is 0 Å². The predicted octanol–water partition coefficient (Wildman–Crippen LogP) is 2.14. The van der Waals surface area contributed by atoms with Gasteiger partial charge < -0.3 is 15.2 Å². The van der Waals surface area contributed by atoms with Crippen LogP contribution in [-0.2, 0) is 14.3 Å². The molecule has 0 aromatic heterocycles. The number of hydrogen-bond acceptors (Lipinski definition) is 4. The lowest BCUT2D eigenvalue weighted by Crippen LogP contribution is -2.22. The maximum atomic E-state index is 10.9. The van der Waals surface area contributed by atoms with Crippen molar-refractivity contribution in [1.82, 2.24) is 5.32 Å². The van der Waals surface area contributed by atoms with Crippen LogP contribution in [0.25, 0.3) is 0 Å². The molecule has 0 fully saturated rings. The molecule has 0 aromatic rings. The summed E-state index contributed by atoms with van der Waals surface area (Å²) < 4.78 is 4.88. The third-order valence-electron chi connectivity index (χ3n) is 1.93. The van der Waals surface area contributed by atoms with E-state index in [2.05, 4.69) is 25.4 Å². The van der Waals surface area contributed by atoms with Crippen molar-refractivity contribution in [2.45, 2.75) is 33.6 Å². The molecule has 0 unspecified atom stereocenters. The lowest BCUT2D eigenvalue weighted by atomic mass is 10.3. The number of rotatable bonds is 8. The van der Waals surface area contributed by atoms with Crippen LogP contribution in [0.3, 0.4) is 0 Å². The Hall–Kier alpha value is -1.62. The summed E-state index contributed by atoms with van der Waals surface area (Å²) in [4.78, 5) is 20.5. The van der Waals surface area contributed by atoms with E-state index in [0.29, 0.717) is 12.2 Å². The van der Waals surface area contributed by atoms with Crippen LogP contribution in [0.4, 0.5) is 0 Å². The Labute approximate surface area is 115 Å². The van der Waals surface area contributed by atoms with Crippen LogP contribution >= 0.6 is 0 Å². The van der Waals surface area contributed by atoms with Crippen LogP contribution in [0.15, 0.2) is 24.3 Å². The zero-order chi connectivity index (χ0) is 15.3. The number of unbranched alkanes of at least 4 members (excludes halogenated alkanes) is 1. The summed E-state index contributed by atoms with van der Waals surface area (Å²) in [6, 6.07) is 0. The van der Waals surface area contributed by atoms with Gasteiger partial charge in [0.1, 0.15) is 6.61 Å². The van der Waals surface area contributed by atoms with Crippen molar-refractivity contribution in [3.63, 3.8) is 0 Å². The molecule has 0 saturated carbocycles. The van der Waals surface area contributed by atoms with Gasteiger partial charge in [0.15, 0.2) is 0 Å². The number of hydrogen-bond donors (Lipinski definition) is 2. The lowest BCUT2D eigenvalue weighted by Gasteiger charge is -2.05. The first-order chi connectivity index (χ1) is 8.82. The predicted molar refractivity (Wildman–Crippen MR) is 76.0 cm³/mol. The summed E-state index contributed by atoms with van der Waals surface area (Å²) in [6.45, 7) is 14.0. The number of aliphatic carboxylic acids is 1. The van der Waals surface area contributed by atoms with Crippen LogP contribution in [0.2, 0.25) is 0 Å². The van der Waals surface area contributed by atoms with E-state index in [0.717, 1.165) is 19.5 Å². The fraction of sp³-hybridized carbons (Fsp3) is 0.571. The Morgan fingerprint density at radius 2 is 1.68 bits per heavy atom. The van der Waals surface area contributed by atoms with E-state index in [4.69, 9.17) is 9.84 Å². The molecule has 0 rings (SSSR count). The Morgan fingerprint density at radius 1 is 1.16 bits per heavy atom. The smallest absolute Gasteiger partial charge is 0.333 e. The second-order valence-electron chi connectivity index (χ2n) is 4.11. The highest BCUT2D eigenvalue weighted by Crippen LogP contribution is 1.90. The molecule has 0 saturated heterocycles. The molecule has 0 bridgehead atoms. The van der Waals surface area contributed by atoms with Crippen molar-refractivity contribution >= 4 is 11.9 Å². The van der Waals surface area contributed by atoms with Gasteiger partial charge in [-0.25, -0.2) is 9.59 Å². The molecule has 0 aliphatic carbocycles. The molecular weight excluding hydrogens is 246 g/mol. The van der Waals surface area contributed by atoms with Crippen molar-refractivity contribution < 1.29 is 19.4 Å². The number of esters is 1. The second kappa shape index (κ2) is 12.8. The Kier molecular flexibility index (Phi) is 13.3. The zero-order valence-electron chi connectivity index (χ0n) is 12.1. The van der Waals surface area contributed by atoms with Gasteiger partial charge in [0.05, 0.1) is 0 Å². The molecule has 0 aromatic carbocycles. The molecule has 0 aliphatic rings. The number of ether oxygens (including phenoxy) is 1. The zero-order valence-corrected chi connectivity index (χ0v) is 12.1. The van der Waals surface area contributed by atoms with E-state index in [9.17, 15) is 9.59 Å². The topological polar surface area (TPSA) is 75.6 Å². The van der Waals surface area contributed by atoms with Crippen LogP contribution in [0.5, 0.6) is 0 Å². The summed E-state index contributed by atoms with van der Waals surface area (Å²) in [6.07, 6.45) is 2.34. The summed E-state index contributed by atoms with van der Waals surface area (Å²) >= 11 is 0. The maximum Gasteiger partial charge on any atom is 0.333 e. The number of carboxylic acid groups (broad SMARTS) is 1. The largest absolute Gasteiger partial charge is 0.478 e. The van der Waals surface area contributed by atoms with Gasteiger partial charge in [-0.2, -0.15) is 0 Å². The van der Waals surface area contributed by atoms with E-state index < -0.39 is 5.97 Å². The Morgan fingerprint density at radius 3 is 2.05 bits per heavy atom. The molecule has 5 heteroatoms. The number of nitrogens with one attached hydrogen (secondary N) is 1. The van der Waals surface area contributed by atoms with Crippen molar-refractivity contribution in [3.05, 3.63) is 24.3 Å². The monoisotopic (exact) mass is 271 g/mol. The number of carbonyl (C=O) groups excluding carboxylic acids is 1. The minimum atomic E-state index is -0.935. The average Bonchev–Trinajstić information content (AvgIpc) is 2.33. The van der Waals surface area contributed by atoms with Crippen LogP contribution < -0.4 is 5.32 Å². The molecule has 2 N–H and O–H groups in total. The number of carbonyl (C=O) groups is 2. The first-order valence-electron chi connectivity index (χ1n) is 6.25. The third-order valence-corrected chi connectivity index (χ3v) is 1.93. The molecule has 0 amide bonds. The maximum absolute atomic E-state index is 10.9. The van der Waals surface area contributed by atoms with Gasteiger partial charge >= 0.3 is 11.9 Å². The minimum Gasteiger partial charge on any atom is -0.478 e. The quantitative estimate of drug-likeness (QED) is 0.402. The highest BCUT2D eigenvalue weighted by atomic mass is 16.5. The molecular formula is C14H25NO4. The van der Waals surface area contributed by atoms with Gasteiger partial charge in [0.2, 0.25) is 0 Å². The highest BCUT2D eigenvalue weighted by molar-refractivity contribution is 5.86. The second-order valence-corrected chi connectivity index (χ2v) is 4.11. The van der Waals surface area contributed by atoms with E-state index in [-0.39, 0.29) is 11.5 Å². The van der Waals surface area contributed by atoms with Gasteiger partial charge in [-0.05, 0) is 26.8 Å². The summed E-state index contributed by atoms with van der Waals surface area (Å²) in [5.41, 5.74) is 0.628. The normalized spacial score (nSPS) is 9.00. The van der Waals surface area contributed by atoms with Crippen molar-refractivity contribution in [1.29, 1.82) is 0 Å². The molecule has 0 heterocycles. The standard InChI is InChI=1S/C10H19NO2.C4H6O2/c1-4-5-6-11-7-8-13-10(12)9(2)3;1-3(2)4(5)6/h11H,2,4-8H2,1,3H3;1H2,2H3,(H,5,6). The van der Waals surface area contributed by atoms with Crippen LogP contribution in [0, 0.1) is 0 Å². The van der Waals surface area contributed by atoms with E-state index >= 15 is 0 Å². The fourth-order valence-corrected chi connectivity index (χ4v) is 0.766. The first-order valence-corrected chi connectivity index (χ1v) is 6.25. The van der Waals surface area contributed by atoms with E-state index in [1.54, 1.807) is 6.92 Å². The van der Waals surface area contributed by atoms with Crippen molar-refractivity contribution in [2.75, 3.05) is 19.7 Å². The average molecular weight is 271 g/mol. The first kappa shape index (κ1) is 19.7. The minimum absolute atomic E-state index is 0.176. The summed E-state index contributed by atoms with van der Waals surface area (Å²) in [5.74, 6) is -1.24.